The monoisotopic (exact) mass is 303 g/mol. The van der Waals surface area contributed by atoms with Gasteiger partial charge in [0.05, 0.1) is 11.3 Å². The molecule has 0 unspecified atom stereocenters. The Balaban J connectivity index is 1.81. The second-order valence-electron chi connectivity index (χ2n) is 5.93. The van der Waals surface area contributed by atoms with Gasteiger partial charge in [-0.05, 0) is 38.2 Å². The molecular weight excluding hydrogens is 286 g/mol. The van der Waals surface area contributed by atoms with Crippen molar-refractivity contribution in [2.24, 2.45) is 5.92 Å². The first-order valence-corrected chi connectivity index (χ1v) is 8.22. The van der Waals surface area contributed by atoms with Gasteiger partial charge in [-0.1, -0.05) is 0 Å². The Morgan fingerprint density at radius 3 is 2.81 bits per heavy atom. The van der Waals surface area contributed by atoms with Gasteiger partial charge in [-0.25, -0.2) is 9.97 Å². The molecule has 1 aliphatic heterocycles. The predicted octanol–water partition coefficient (Wildman–Crippen LogP) is 2.40. The van der Waals surface area contributed by atoms with E-state index < -0.39 is 5.97 Å². The number of aliphatic carboxylic acids is 1. The van der Waals surface area contributed by atoms with Crippen molar-refractivity contribution in [3.63, 3.8) is 0 Å². The van der Waals surface area contributed by atoms with Gasteiger partial charge in [0, 0.05) is 18.0 Å². The van der Waals surface area contributed by atoms with Crippen LogP contribution >= 0.6 is 11.3 Å². The first-order valence-electron chi connectivity index (χ1n) is 7.40. The van der Waals surface area contributed by atoms with Crippen molar-refractivity contribution in [2.75, 3.05) is 18.0 Å². The van der Waals surface area contributed by atoms with Crippen LogP contribution in [-0.2, 0) is 17.6 Å². The summed E-state index contributed by atoms with van der Waals surface area (Å²) in [6, 6.07) is 0. The highest BCUT2D eigenvalue weighted by molar-refractivity contribution is 7.19. The molecule has 2 aromatic heterocycles. The van der Waals surface area contributed by atoms with Gasteiger partial charge in [0.15, 0.2) is 0 Å². The number of nitrogens with zero attached hydrogens (tertiary/aromatic N) is 3. The van der Waals surface area contributed by atoms with E-state index in [1.165, 1.54) is 28.7 Å². The molecule has 4 rings (SSSR count). The summed E-state index contributed by atoms with van der Waals surface area (Å²) in [6.45, 7) is 3.03. The van der Waals surface area contributed by atoms with Crippen LogP contribution in [0.25, 0.3) is 10.2 Å². The minimum atomic E-state index is -0.708. The van der Waals surface area contributed by atoms with Crippen molar-refractivity contribution in [2.45, 2.75) is 32.6 Å². The van der Waals surface area contributed by atoms with Gasteiger partial charge in [-0.15, -0.1) is 11.3 Å². The first kappa shape index (κ1) is 13.0. The highest BCUT2D eigenvalue weighted by Gasteiger charge is 2.35. The van der Waals surface area contributed by atoms with Gasteiger partial charge in [-0.2, -0.15) is 0 Å². The summed E-state index contributed by atoms with van der Waals surface area (Å²) in [5, 5.41) is 10.2. The maximum atomic E-state index is 11.0. The normalized spacial score (nSPS) is 18.6. The molecule has 0 radical (unpaired) electrons. The fourth-order valence-electron chi connectivity index (χ4n) is 3.28. The summed E-state index contributed by atoms with van der Waals surface area (Å²) in [5.41, 5.74) is 1.41. The minimum absolute atomic E-state index is 0.259. The molecule has 2 aliphatic rings. The van der Waals surface area contributed by atoms with E-state index in [1.54, 1.807) is 11.3 Å². The summed E-state index contributed by atoms with van der Waals surface area (Å²) in [4.78, 5) is 24.9. The number of carboxylic acid groups (broad SMARTS) is 1. The number of aromatic nitrogens is 2. The molecule has 1 N–H and O–H groups in total. The lowest BCUT2D eigenvalue weighted by atomic mass is 9.95. The molecule has 1 aliphatic carbocycles. The number of rotatable bonds is 2. The topological polar surface area (TPSA) is 66.3 Å². The molecule has 0 atom stereocenters. The molecule has 1 fully saturated rings. The summed E-state index contributed by atoms with van der Waals surface area (Å²) in [7, 11) is 0. The zero-order valence-electron chi connectivity index (χ0n) is 11.9. The Morgan fingerprint density at radius 2 is 2.05 bits per heavy atom. The predicted molar refractivity (Wildman–Crippen MR) is 82.1 cm³/mol. The maximum Gasteiger partial charge on any atom is 0.310 e. The molecule has 5 nitrogen and oxygen atoms in total. The van der Waals surface area contributed by atoms with Crippen LogP contribution in [0, 0.1) is 12.8 Å². The number of carbonyl (C=O) groups is 1. The highest BCUT2D eigenvalue weighted by Crippen LogP contribution is 2.41. The summed E-state index contributed by atoms with van der Waals surface area (Å²) in [5.74, 6) is 0.759. The van der Waals surface area contributed by atoms with E-state index in [1.807, 2.05) is 6.92 Å². The van der Waals surface area contributed by atoms with Gasteiger partial charge >= 0.3 is 5.97 Å². The second-order valence-corrected chi connectivity index (χ2v) is 7.01. The van der Waals surface area contributed by atoms with Crippen LogP contribution in [-0.4, -0.2) is 34.1 Å². The molecular formula is C15H17N3O2S. The molecule has 0 spiro atoms. The van der Waals surface area contributed by atoms with Gasteiger partial charge in [0.2, 0.25) is 0 Å². The van der Waals surface area contributed by atoms with E-state index in [-0.39, 0.29) is 5.92 Å². The fourth-order valence-corrected chi connectivity index (χ4v) is 4.58. The first-order chi connectivity index (χ1) is 10.1. The Labute approximate surface area is 126 Å². The molecule has 110 valence electrons. The number of thiophene rings is 1. The van der Waals surface area contributed by atoms with Crippen LogP contribution in [0.4, 0.5) is 5.82 Å². The van der Waals surface area contributed by atoms with Gasteiger partial charge in [0.25, 0.3) is 0 Å². The third-order valence-electron chi connectivity index (χ3n) is 4.44. The zero-order chi connectivity index (χ0) is 14.6. The van der Waals surface area contributed by atoms with Crippen molar-refractivity contribution < 1.29 is 9.90 Å². The second kappa shape index (κ2) is 4.66. The lowest BCUT2D eigenvalue weighted by Crippen LogP contribution is -2.51. The van der Waals surface area contributed by atoms with Crippen molar-refractivity contribution in [1.82, 2.24) is 9.97 Å². The van der Waals surface area contributed by atoms with E-state index in [4.69, 9.17) is 5.11 Å². The smallest absolute Gasteiger partial charge is 0.310 e. The van der Waals surface area contributed by atoms with E-state index in [0.29, 0.717) is 13.1 Å². The molecule has 3 heterocycles. The van der Waals surface area contributed by atoms with E-state index in [2.05, 4.69) is 14.9 Å². The summed E-state index contributed by atoms with van der Waals surface area (Å²) >= 11 is 1.79. The summed E-state index contributed by atoms with van der Waals surface area (Å²) < 4.78 is 0. The fraction of sp³-hybridized carbons (Fsp3) is 0.533. The van der Waals surface area contributed by atoms with Crippen LogP contribution in [0.2, 0.25) is 0 Å². The average Bonchev–Trinajstić information content (AvgIpc) is 2.73. The lowest BCUT2D eigenvalue weighted by Gasteiger charge is -2.38. The Morgan fingerprint density at radius 1 is 1.29 bits per heavy atom. The number of hydrogen-bond donors (Lipinski definition) is 1. The molecule has 0 aromatic carbocycles. The molecule has 6 heteroatoms. The molecule has 1 saturated heterocycles. The van der Waals surface area contributed by atoms with Crippen LogP contribution in [0.3, 0.4) is 0 Å². The van der Waals surface area contributed by atoms with Gasteiger partial charge < -0.3 is 10.0 Å². The van der Waals surface area contributed by atoms with E-state index >= 15 is 0 Å². The zero-order valence-corrected chi connectivity index (χ0v) is 12.7. The maximum absolute atomic E-state index is 11.0. The molecule has 0 saturated carbocycles. The number of fused-ring (bicyclic) bond motifs is 3. The van der Waals surface area contributed by atoms with Crippen molar-refractivity contribution in [3.8, 4) is 0 Å². The summed E-state index contributed by atoms with van der Waals surface area (Å²) in [6.07, 6.45) is 4.73. The van der Waals surface area contributed by atoms with Crippen molar-refractivity contribution in [3.05, 3.63) is 16.3 Å². The standard InChI is InChI=1S/C15H17N3O2S/c1-8-16-13(18-6-9(7-18)15(19)20)12-10-4-2-3-5-11(10)21-14(12)17-8/h9H,2-7H2,1H3,(H,19,20). The largest absolute Gasteiger partial charge is 0.481 e. The number of hydrogen-bond acceptors (Lipinski definition) is 5. The van der Waals surface area contributed by atoms with Crippen molar-refractivity contribution in [1.29, 1.82) is 0 Å². The van der Waals surface area contributed by atoms with E-state index in [0.717, 1.165) is 29.3 Å². The average molecular weight is 303 g/mol. The van der Waals surface area contributed by atoms with Crippen molar-refractivity contribution >= 4 is 33.3 Å². The van der Waals surface area contributed by atoms with Gasteiger partial charge in [0.1, 0.15) is 16.5 Å². The van der Waals surface area contributed by atoms with Gasteiger partial charge in [-0.3, -0.25) is 4.79 Å². The lowest BCUT2D eigenvalue weighted by molar-refractivity contribution is -0.142. The third-order valence-corrected chi connectivity index (χ3v) is 5.62. The quantitative estimate of drug-likeness (QED) is 0.923. The van der Waals surface area contributed by atoms with Crippen LogP contribution < -0.4 is 4.90 Å². The van der Waals surface area contributed by atoms with Crippen LogP contribution in [0.5, 0.6) is 0 Å². The molecule has 0 amide bonds. The number of aryl methyl sites for hydroxylation is 3. The molecule has 21 heavy (non-hydrogen) atoms. The molecule has 0 bridgehead atoms. The minimum Gasteiger partial charge on any atom is -0.481 e. The SMILES string of the molecule is Cc1nc(N2CC(C(=O)O)C2)c2c3c(sc2n1)CCCC3. The molecule has 2 aromatic rings. The highest BCUT2D eigenvalue weighted by atomic mass is 32.1. The number of carboxylic acids is 1. The van der Waals surface area contributed by atoms with Crippen LogP contribution in [0.15, 0.2) is 0 Å². The Bertz CT molecular complexity index is 734. The Kier molecular flexibility index (Phi) is 2.89. The van der Waals surface area contributed by atoms with E-state index in [9.17, 15) is 4.79 Å². The third kappa shape index (κ3) is 2.00. The van der Waals surface area contributed by atoms with Crippen LogP contribution in [0.1, 0.15) is 29.1 Å². The number of anilines is 1. The Hall–Kier alpha value is -1.69.